The molecule has 0 aromatic carbocycles. The van der Waals surface area contributed by atoms with E-state index in [0.29, 0.717) is 24.9 Å². The molecule has 0 saturated carbocycles. The molecule has 0 bridgehead atoms. The number of hydrogen-bond donors (Lipinski definition) is 1. The van der Waals surface area contributed by atoms with Crippen molar-refractivity contribution in [2.45, 2.75) is 32.0 Å². The summed E-state index contributed by atoms with van der Waals surface area (Å²) in [6.45, 7) is 3.31. The Bertz CT molecular complexity index is 711. The number of anilines is 2. The molecule has 9 heteroatoms. The first-order chi connectivity index (χ1) is 11.3. The van der Waals surface area contributed by atoms with Crippen LogP contribution in [0.15, 0.2) is 17.6 Å². The van der Waals surface area contributed by atoms with Crippen LogP contribution in [0.5, 0.6) is 0 Å². The summed E-state index contributed by atoms with van der Waals surface area (Å²) >= 11 is 7.58. The molecule has 1 aliphatic heterocycles. The number of pyridine rings is 1. The lowest BCUT2D eigenvalue weighted by Crippen LogP contribution is -2.39. The average molecular weight is 377 g/mol. The van der Waals surface area contributed by atoms with Crippen LogP contribution in [0.1, 0.15) is 24.1 Å². The van der Waals surface area contributed by atoms with Gasteiger partial charge in [-0.05, 0) is 25.8 Å². The minimum absolute atomic E-state index is 0.0341. The number of alkyl halides is 3. The quantitative estimate of drug-likeness (QED) is 0.850. The van der Waals surface area contributed by atoms with Crippen molar-refractivity contribution in [2.75, 3.05) is 23.3 Å². The highest BCUT2D eigenvalue weighted by Gasteiger charge is 2.32. The van der Waals surface area contributed by atoms with Crippen LogP contribution in [-0.2, 0) is 6.18 Å². The van der Waals surface area contributed by atoms with E-state index in [4.69, 9.17) is 11.6 Å². The zero-order valence-corrected chi connectivity index (χ0v) is 14.5. The van der Waals surface area contributed by atoms with Crippen LogP contribution in [0.25, 0.3) is 0 Å². The number of halogens is 4. The standard InChI is InChI=1S/C15H16ClF3N4S/c1-9-8-24-14(21-9)22-11-2-4-23(5-3-11)13-12(16)6-10(7-20-13)15(17,18)19/h6-8,11H,2-5H2,1H3,(H,21,22). The minimum atomic E-state index is -4.43. The van der Waals surface area contributed by atoms with Crippen molar-refractivity contribution in [3.05, 3.63) is 33.9 Å². The molecule has 0 spiro atoms. The van der Waals surface area contributed by atoms with Crippen molar-refractivity contribution in [2.24, 2.45) is 0 Å². The van der Waals surface area contributed by atoms with Gasteiger partial charge >= 0.3 is 6.18 Å². The third-order valence-corrected chi connectivity index (χ3v) is 5.06. The van der Waals surface area contributed by atoms with Gasteiger partial charge in [0.25, 0.3) is 0 Å². The summed E-state index contributed by atoms with van der Waals surface area (Å²) in [6, 6.07) is 1.23. The number of rotatable bonds is 3. The highest BCUT2D eigenvalue weighted by atomic mass is 35.5. The monoisotopic (exact) mass is 376 g/mol. The second-order valence-corrected chi connectivity index (χ2v) is 6.99. The number of hydrogen-bond acceptors (Lipinski definition) is 5. The third kappa shape index (κ3) is 3.92. The molecule has 2 aromatic rings. The van der Waals surface area contributed by atoms with Crippen LogP contribution in [0, 0.1) is 6.92 Å². The summed E-state index contributed by atoms with van der Waals surface area (Å²) in [5, 5.41) is 6.32. The molecule has 0 radical (unpaired) electrons. The van der Waals surface area contributed by atoms with E-state index in [9.17, 15) is 13.2 Å². The lowest BCUT2D eigenvalue weighted by Gasteiger charge is -2.33. The van der Waals surface area contributed by atoms with Crippen LogP contribution in [0.4, 0.5) is 24.1 Å². The van der Waals surface area contributed by atoms with E-state index in [0.717, 1.165) is 35.9 Å². The van der Waals surface area contributed by atoms with E-state index in [1.807, 2.05) is 17.2 Å². The van der Waals surface area contributed by atoms with E-state index >= 15 is 0 Å². The molecule has 1 aliphatic rings. The molecule has 1 N–H and O–H groups in total. The number of piperidine rings is 1. The average Bonchev–Trinajstić information content (AvgIpc) is 2.92. The van der Waals surface area contributed by atoms with Gasteiger partial charge in [0.1, 0.15) is 5.82 Å². The highest BCUT2D eigenvalue weighted by molar-refractivity contribution is 7.13. The zero-order valence-electron chi connectivity index (χ0n) is 12.9. The second-order valence-electron chi connectivity index (χ2n) is 5.73. The Labute approximate surface area is 146 Å². The van der Waals surface area contributed by atoms with Gasteiger partial charge in [0.05, 0.1) is 16.3 Å². The predicted octanol–water partition coefficient (Wildman–Crippen LogP) is 4.60. The molecule has 24 heavy (non-hydrogen) atoms. The molecule has 3 rings (SSSR count). The Morgan fingerprint density at radius 2 is 2.04 bits per heavy atom. The summed E-state index contributed by atoms with van der Waals surface area (Å²) in [5.74, 6) is 0.410. The van der Waals surface area contributed by atoms with E-state index in [2.05, 4.69) is 15.3 Å². The largest absolute Gasteiger partial charge is 0.417 e. The van der Waals surface area contributed by atoms with Crippen molar-refractivity contribution >= 4 is 33.9 Å². The zero-order chi connectivity index (χ0) is 17.3. The summed E-state index contributed by atoms with van der Waals surface area (Å²) in [5.41, 5.74) is 0.160. The minimum Gasteiger partial charge on any atom is -0.359 e. The number of nitrogens with one attached hydrogen (secondary N) is 1. The SMILES string of the molecule is Cc1csc(NC2CCN(c3ncc(C(F)(F)F)cc3Cl)CC2)n1. The van der Waals surface area contributed by atoms with Crippen LogP contribution >= 0.6 is 22.9 Å². The van der Waals surface area contributed by atoms with Gasteiger partial charge in [0.15, 0.2) is 5.13 Å². The second kappa shape index (κ2) is 6.76. The van der Waals surface area contributed by atoms with E-state index in [-0.39, 0.29) is 5.02 Å². The Morgan fingerprint density at radius 1 is 1.33 bits per heavy atom. The van der Waals surface area contributed by atoms with Gasteiger partial charge in [-0.15, -0.1) is 11.3 Å². The van der Waals surface area contributed by atoms with Gasteiger partial charge in [-0.1, -0.05) is 11.6 Å². The third-order valence-electron chi connectivity index (χ3n) is 3.89. The van der Waals surface area contributed by atoms with Crippen molar-refractivity contribution in [3.8, 4) is 0 Å². The lowest BCUT2D eigenvalue weighted by molar-refractivity contribution is -0.137. The molecule has 0 aliphatic carbocycles. The fourth-order valence-electron chi connectivity index (χ4n) is 2.65. The van der Waals surface area contributed by atoms with Gasteiger partial charge in [-0.25, -0.2) is 9.97 Å². The van der Waals surface area contributed by atoms with E-state index in [1.54, 1.807) is 11.3 Å². The molecule has 4 nitrogen and oxygen atoms in total. The van der Waals surface area contributed by atoms with Gasteiger partial charge in [-0.2, -0.15) is 13.2 Å². The Kier molecular flexibility index (Phi) is 4.87. The molecular formula is C15H16ClF3N4S. The summed E-state index contributed by atoms with van der Waals surface area (Å²) < 4.78 is 38.0. The van der Waals surface area contributed by atoms with E-state index < -0.39 is 11.7 Å². The lowest BCUT2D eigenvalue weighted by atomic mass is 10.1. The van der Waals surface area contributed by atoms with Crippen LogP contribution in [0.3, 0.4) is 0 Å². The molecule has 1 saturated heterocycles. The maximum atomic E-state index is 12.7. The molecule has 1 fully saturated rings. The summed E-state index contributed by atoms with van der Waals surface area (Å²) in [7, 11) is 0. The molecule has 3 heterocycles. The Morgan fingerprint density at radius 3 is 2.58 bits per heavy atom. The van der Waals surface area contributed by atoms with Crippen LogP contribution < -0.4 is 10.2 Å². The maximum Gasteiger partial charge on any atom is 0.417 e. The van der Waals surface area contributed by atoms with Crippen LogP contribution in [0.2, 0.25) is 5.02 Å². The van der Waals surface area contributed by atoms with Crippen molar-refractivity contribution in [1.82, 2.24) is 9.97 Å². The molecular weight excluding hydrogens is 361 g/mol. The number of aromatic nitrogens is 2. The Hall–Kier alpha value is -1.54. The summed E-state index contributed by atoms with van der Waals surface area (Å²) in [4.78, 5) is 10.2. The molecule has 0 unspecified atom stereocenters. The van der Waals surface area contributed by atoms with Gasteiger partial charge in [0, 0.05) is 30.7 Å². The number of nitrogens with zero attached hydrogens (tertiary/aromatic N) is 3. The smallest absolute Gasteiger partial charge is 0.359 e. The number of thiazole rings is 1. The maximum absolute atomic E-state index is 12.7. The fourth-order valence-corrected chi connectivity index (χ4v) is 3.70. The highest BCUT2D eigenvalue weighted by Crippen LogP contribution is 2.34. The van der Waals surface area contributed by atoms with Gasteiger partial charge in [0.2, 0.25) is 0 Å². The topological polar surface area (TPSA) is 41.0 Å². The van der Waals surface area contributed by atoms with Gasteiger partial charge < -0.3 is 10.2 Å². The Balaban J connectivity index is 1.62. The molecule has 0 atom stereocenters. The first-order valence-electron chi connectivity index (χ1n) is 7.49. The first kappa shape index (κ1) is 17.3. The normalized spacial score (nSPS) is 16.5. The molecule has 0 amide bonds. The fraction of sp³-hybridized carbons (Fsp3) is 0.467. The molecule has 2 aromatic heterocycles. The predicted molar refractivity (Wildman–Crippen MR) is 90.0 cm³/mol. The van der Waals surface area contributed by atoms with Crippen molar-refractivity contribution < 1.29 is 13.2 Å². The summed E-state index contributed by atoms with van der Waals surface area (Å²) in [6.07, 6.45) is -1.91. The first-order valence-corrected chi connectivity index (χ1v) is 8.75. The number of aryl methyl sites for hydroxylation is 1. The van der Waals surface area contributed by atoms with Crippen LogP contribution in [-0.4, -0.2) is 29.1 Å². The van der Waals surface area contributed by atoms with Crippen molar-refractivity contribution in [3.63, 3.8) is 0 Å². The van der Waals surface area contributed by atoms with Crippen molar-refractivity contribution in [1.29, 1.82) is 0 Å². The van der Waals surface area contributed by atoms with Gasteiger partial charge in [-0.3, -0.25) is 0 Å². The van der Waals surface area contributed by atoms with E-state index in [1.165, 1.54) is 0 Å². The molecule has 130 valence electrons.